The normalized spacial score (nSPS) is 11.9. The quantitative estimate of drug-likeness (QED) is 0.751. The summed E-state index contributed by atoms with van der Waals surface area (Å²) in [7, 11) is 3.27. The van der Waals surface area contributed by atoms with Crippen molar-refractivity contribution in [2.75, 3.05) is 14.2 Å². The highest BCUT2D eigenvalue weighted by Crippen LogP contribution is 2.30. The molecule has 3 nitrogen and oxygen atoms in total. The van der Waals surface area contributed by atoms with Gasteiger partial charge in [-0.15, -0.1) is 6.58 Å². The fourth-order valence-electron chi connectivity index (χ4n) is 1.58. The predicted octanol–water partition coefficient (Wildman–Crippen LogP) is 2.67. The molecular weight excluding hydrogens is 202 g/mol. The van der Waals surface area contributed by atoms with Crippen molar-refractivity contribution in [3.8, 4) is 11.5 Å². The van der Waals surface area contributed by atoms with Crippen LogP contribution >= 0.6 is 0 Å². The smallest absolute Gasteiger partial charge is 0.127 e. The van der Waals surface area contributed by atoms with E-state index in [0.717, 1.165) is 29.9 Å². The number of methoxy groups -OCH3 is 2. The van der Waals surface area contributed by atoms with E-state index in [2.05, 4.69) is 6.58 Å². The Morgan fingerprint density at radius 2 is 2.12 bits per heavy atom. The highest BCUT2D eigenvalue weighted by atomic mass is 16.5. The summed E-state index contributed by atoms with van der Waals surface area (Å²) in [5.74, 6) is 1.55. The first-order valence-corrected chi connectivity index (χ1v) is 5.31. The van der Waals surface area contributed by atoms with E-state index < -0.39 is 0 Å². The van der Waals surface area contributed by atoms with Crippen molar-refractivity contribution in [1.82, 2.24) is 0 Å². The molecule has 0 unspecified atom stereocenters. The van der Waals surface area contributed by atoms with Crippen LogP contribution in [0.1, 0.15) is 24.4 Å². The molecule has 0 aromatic heterocycles. The number of hydrogen-bond acceptors (Lipinski definition) is 3. The second kappa shape index (κ2) is 6.18. The molecule has 0 saturated heterocycles. The maximum atomic E-state index is 6.08. The molecule has 0 aliphatic carbocycles. The summed E-state index contributed by atoms with van der Waals surface area (Å²) in [5.41, 5.74) is 7.09. The van der Waals surface area contributed by atoms with Gasteiger partial charge < -0.3 is 15.2 Å². The molecular formula is C13H19NO2. The predicted molar refractivity (Wildman–Crippen MR) is 65.9 cm³/mol. The molecule has 88 valence electrons. The monoisotopic (exact) mass is 221 g/mol. The number of ether oxygens (including phenoxy) is 2. The third-order valence-electron chi connectivity index (χ3n) is 2.52. The van der Waals surface area contributed by atoms with Gasteiger partial charge in [-0.25, -0.2) is 0 Å². The summed E-state index contributed by atoms with van der Waals surface area (Å²) in [6.45, 7) is 3.69. The van der Waals surface area contributed by atoms with E-state index in [-0.39, 0.29) is 6.04 Å². The van der Waals surface area contributed by atoms with Crippen molar-refractivity contribution in [3.63, 3.8) is 0 Å². The van der Waals surface area contributed by atoms with E-state index in [1.165, 1.54) is 0 Å². The van der Waals surface area contributed by atoms with Crippen LogP contribution in [0, 0.1) is 0 Å². The summed E-state index contributed by atoms with van der Waals surface area (Å²) in [5, 5.41) is 0. The molecule has 0 heterocycles. The molecule has 1 aromatic rings. The second-order valence-corrected chi connectivity index (χ2v) is 3.58. The molecule has 1 aromatic carbocycles. The zero-order valence-electron chi connectivity index (χ0n) is 9.90. The number of rotatable bonds is 6. The number of hydrogen-bond donors (Lipinski definition) is 1. The molecule has 1 atom stereocenters. The topological polar surface area (TPSA) is 44.5 Å². The Labute approximate surface area is 96.9 Å². The highest BCUT2D eigenvalue weighted by molar-refractivity contribution is 5.42. The van der Waals surface area contributed by atoms with E-state index in [0.29, 0.717) is 0 Å². The molecule has 0 aliphatic heterocycles. The Morgan fingerprint density at radius 3 is 2.69 bits per heavy atom. The Morgan fingerprint density at radius 1 is 1.38 bits per heavy atom. The van der Waals surface area contributed by atoms with Crippen LogP contribution < -0.4 is 15.2 Å². The van der Waals surface area contributed by atoms with Gasteiger partial charge in [0.05, 0.1) is 14.2 Å². The largest absolute Gasteiger partial charge is 0.497 e. The molecule has 1 rings (SSSR count). The van der Waals surface area contributed by atoms with Crippen LogP contribution in [0.2, 0.25) is 0 Å². The first-order valence-electron chi connectivity index (χ1n) is 5.31. The third kappa shape index (κ3) is 3.00. The summed E-state index contributed by atoms with van der Waals surface area (Å²) in [4.78, 5) is 0. The zero-order chi connectivity index (χ0) is 12.0. The number of nitrogens with two attached hydrogens (primary N) is 1. The second-order valence-electron chi connectivity index (χ2n) is 3.58. The van der Waals surface area contributed by atoms with Gasteiger partial charge in [-0.05, 0) is 18.9 Å². The van der Waals surface area contributed by atoms with Crippen LogP contribution in [0.4, 0.5) is 0 Å². The SMILES string of the molecule is C=CCC[C@H](N)c1ccc(OC)cc1OC. The first kappa shape index (κ1) is 12.6. The Bertz CT molecular complexity index is 350. The molecule has 0 radical (unpaired) electrons. The van der Waals surface area contributed by atoms with Crippen molar-refractivity contribution in [3.05, 3.63) is 36.4 Å². The molecule has 3 heteroatoms. The van der Waals surface area contributed by atoms with Gasteiger partial charge >= 0.3 is 0 Å². The maximum absolute atomic E-state index is 6.08. The third-order valence-corrected chi connectivity index (χ3v) is 2.52. The molecule has 0 spiro atoms. The minimum absolute atomic E-state index is 0.0288. The lowest BCUT2D eigenvalue weighted by Gasteiger charge is -2.15. The zero-order valence-corrected chi connectivity index (χ0v) is 9.90. The van der Waals surface area contributed by atoms with Gasteiger partial charge in [-0.2, -0.15) is 0 Å². The highest BCUT2D eigenvalue weighted by Gasteiger charge is 2.11. The van der Waals surface area contributed by atoms with Crippen LogP contribution in [0.3, 0.4) is 0 Å². The Kier molecular flexibility index (Phi) is 4.86. The van der Waals surface area contributed by atoms with Crippen LogP contribution in [-0.4, -0.2) is 14.2 Å². The molecule has 16 heavy (non-hydrogen) atoms. The molecule has 0 aliphatic rings. The first-order chi connectivity index (χ1) is 7.72. The lowest BCUT2D eigenvalue weighted by atomic mass is 10.0. The van der Waals surface area contributed by atoms with Crippen LogP contribution in [0.15, 0.2) is 30.9 Å². The van der Waals surface area contributed by atoms with Gasteiger partial charge in [0, 0.05) is 17.7 Å². The van der Waals surface area contributed by atoms with E-state index in [1.54, 1.807) is 14.2 Å². The molecule has 0 fully saturated rings. The lowest BCUT2D eigenvalue weighted by molar-refractivity contribution is 0.387. The number of benzene rings is 1. The van der Waals surface area contributed by atoms with Crippen molar-refractivity contribution >= 4 is 0 Å². The van der Waals surface area contributed by atoms with E-state index in [4.69, 9.17) is 15.2 Å². The summed E-state index contributed by atoms with van der Waals surface area (Å²) in [6.07, 6.45) is 3.64. The molecule has 0 bridgehead atoms. The molecule has 2 N–H and O–H groups in total. The molecule has 0 saturated carbocycles. The summed E-state index contributed by atoms with van der Waals surface area (Å²) in [6, 6.07) is 5.67. The standard InChI is InChI=1S/C13H19NO2/c1-4-5-6-12(14)11-8-7-10(15-2)9-13(11)16-3/h4,7-9,12H,1,5-6,14H2,2-3H3/t12-/m0/s1. The van der Waals surface area contributed by atoms with Gasteiger partial charge in [-0.1, -0.05) is 12.1 Å². The van der Waals surface area contributed by atoms with E-state index >= 15 is 0 Å². The van der Waals surface area contributed by atoms with Crippen molar-refractivity contribution in [1.29, 1.82) is 0 Å². The van der Waals surface area contributed by atoms with Crippen LogP contribution in [-0.2, 0) is 0 Å². The summed E-state index contributed by atoms with van der Waals surface area (Å²) < 4.78 is 10.4. The van der Waals surface area contributed by atoms with Gasteiger partial charge in [0.2, 0.25) is 0 Å². The van der Waals surface area contributed by atoms with Gasteiger partial charge in [0.25, 0.3) is 0 Å². The van der Waals surface area contributed by atoms with Crippen molar-refractivity contribution < 1.29 is 9.47 Å². The van der Waals surface area contributed by atoms with Crippen molar-refractivity contribution in [2.45, 2.75) is 18.9 Å². The maximum Gasteiger partial charge on any atom is 0.127 e. The minimum Gasteiger partial charge on any atom is -0.497 e. The fourth-order valence-corrected chi connectivity index (χ4v) is 1.58. The van der Waals surface area contributed by atoms with Gasteiger partial charge in [-0.3, -0.25) is 0 Å². The van der Waals surface area contributed by atoms with Crippen LogP contribution in [0.25, 0.3) is 0 Å². The van der Waals surface area contributed by atoms with Gasteiger partial charge in [0.15, 0.2) is 0 Å². The average molecular weight is 221 g/mol. The van der Waals surface area contributed by atoms with E-state index in [1.807, 2.05) is 24.3 Å². The van der Waals surface area contributed by atoms with E-state index in [9.17, 15) is 0 Å². The fraction of sp³-hybridized carbons (Fsp3) is 0.385. The Hall–Kier alpha value is -1.48. The van der Waals surface area contributed by atoms with Crippen molar-refractivity contribution in [2.24, 2.45) is 5.73 Å². The minimum atomic E-state index is -0.0288. The molecule has 0 amide bonds. The van der Waals surface area contributed by atoms with Crippen LogP contribution in [0.5, 0.6) is 11.5 Å². The summed E-state index contributed by atoms with van der Waals surface area (Å²) >= 11 is 0. The van der Waals surface area contributed by atoms with Gasteiger partial charge in [0.1, 0.15) is 11.5 Å². The average Bonchev–Trinajstić information content (AvgIpc) is 2.34. The Balaban J connectivity index is 2.89. The lowest BCUT2D eigenvalue weighted by Crippen LogP contribution is -2.11. The number of allylic oxidation sites excluding steroid dienone is 1.